The lowest BCUT2D eigenvalue weighted by Gasteiger charge is -2.29. The number of allylic oxidation sites excluding steroid dienone is 1. The van der Waals surface area contributed by atoms with E-state index in [2.05, 4.69) is 36.1 Å². The SMILES string of the molecule is CC(C)(C)c1ccc(-c2nc(O[C@@H]3C[C@H]4C(=O)N[C@]5(C(=O)NS(=O)(=O)C6CC6)C[C@H]5C=CCCCCC[C@H](NC(=O)c5ccco5)C(=O)N4C3)c3oc4ccccc4c3n2)cc1. The number of hydrogen-bond acceptors (Lipinski definition) is 11. The van der Waals surface area contributed by atoms with Crippen molar-refractivity contribution in [2.45, 2.75) is 113 Å². The van der Waals surface area contributed by atoms with Crippen LogP contribution in [0.15, 0.2) is 87.9 Å². The van der Waals surface area contributed by atoms with Crippen molar-refractivity contribution >= 4 is 55.7 Å². The molecule has 3 N–H and O–H groups in total. The highest BCUT2D eigenvalue weighted by molar-refractivity contribution is 7.91. The first-order valence-electron chi connectivity index (χ1n) is 21.4. The number of nitrogens with zero attached hydrogens (tertiary/aromatic N) is 3. The minimum Gasteiger partial charge on any atom is -0.470 e. The van der Waals surface area contributed by atoms with Gasteiger partial charge < -0.3 is 29.1 Å². The maximum atomic E-state index is 14.8. The number of para-hydroxylation sites is 1. The van der Waals surface area contributed by atoms with Gasteiger partial charge in [-0.15, -0.1) is 0 Å². The zero-order valence-corrected chi connectivity index (χ0v) is 35.7. The van der Waals surface area contributed by atoms with E-state index in [4.69, 9.17) is 23.5 Å². The molecule has 62 heavy (non-hydrogen) atoms. The highest BCUT2D eigenvalue weighted by Gasteiger charge is 2.62. The summed E-state index contributed by atoms with van der Waals surface area (Å²) >= 11 is 0. The van der Waals surface area contributed by atoms with Crippen LogP contribution in [-0.2, 0) is 29.8 Å². The van der Waals surface area contributed by atoms with Gasteiger partial charge in [0.05, 0.1) is 18.1 Å². The molecule has 9 rings (SSSR count). The van der Waals surface area contributed by atoms with Crippen LogP contribution in [0.2, 0.25) is 0 Å². The lowest BCUT2D eigenvalue weighted by atomic mass is 9.87. The van der Waals surface area contributed by atoms with Gasteiger partial charge in [-0.2, -0.15) is 4.98 Å². The minimum absolute atomic E-state index is 0.0175. The Balaban J connectivity index is 1.07. The third-order valence-corrected chi connectivity index (χ3v) is 14.2. The largest absolute Gasteiger partial charge is 0.470 e. The monoisotopic (exact) mass is 862 g/mol. The standard InChI is InChI=1S/C46H50N6O9S/c1-45(2,3)28-19-17-27(18-20-28)39-48-37-32-13-9-10-15-35(32)61-38(37)42(49-39)60-30-24-34-40(53)50-46(44(56)51-62(57,58)31-21-22-31)25-29(46)12-7-5-4-6-8-14-33(43(55)52(34)26-30)47-41(54)36-16-11-23-59-36/h7,9-13,15-20,23,29-31,33-34H,4-6,8,14,21-22,24-26H2,1-3H3,(H,47,54)(H,50,53)(H,51,56)/t29-,30-,33+,34+,46-/m1/s1. The third-order valence-electron chi connectivity index (χ3n) is 12.4. The van der Waals surface area contributed by atoms with Crippen molar-refractivity contribution in [1.82, 2.24) is 30.2 Å². The Morgan fingerprint density at radius 1 is 0.968 bits per heavy atom. The molecule has 5 heterocycles. The summed E-state index contributed by atoms with van der Waals surface area (Å²) in [5.74, 6) is -2.45. The van der Waals surface area contributed by atoms with Crippen LogP contribution in [0, 0.1) is 5.92 Å². The molecule has 3 aromatic heterocycles. The molecule has 5 atom stereocenters. The Morgan fingerprint density at radius 2 is 1.76 bits per heavy atom. The van der Waals surface area contributed by atoms with Gasteiger partial charge in [0.25, 0.3) is 17.7 Å². The summed E-state index contributed by atoms with van der Waals surface area (Å²) in [6.07, 6.45) is 8.55. The molecule has 16 heteroatoms. The first-order chi connectivity index (χ1) is 29.7. The number of ether oxygens (including phenoxy) is 1. The second kappa shape index (κ2) is 16.0. The van der Waals surface area contributed by atoms with Crippen LogP contribution >= 0.6 is 0 Å². The third kappa shape index (κ3) is 8.19. The maximum absolute atomic E-state index is 14.8. The molecule has 324 valence electrons. The first kappa shape index (κ1) is 41.3. The molecule has 4 aliphatic rings. The van der Waals surface area contributed by atoms with Crippen molar-refractivity contribution in [3.63, 3.8) is 0 Å². The van der Waals surface area contributed by atoms with Gasteiger partial charge in [-0.3, -0.25) is 23.9 Å². The van der Waals surface area contributed by atoms with E-state index in [1.165, 1.54) is 17.2 Å². The Labute approximate surface area is 359 Å². The van der Waals surface area contributed by atoms with Gasteiger partial charge >= 0.3 is 0 Å². The zero-order chi connectivity index (χ0) is 43.4. The summed E-state index contributed by atoms with van der Waals surface area (Å²) < 4.78 is 46.5. The zero-order valence-electron chi connectivity index (χ0n) is 34.9. The van der Waals surface area contributed by atoms with Crippen molar-refractivity contribution in [3.05, 3.63) is 90.4 Å². The number of hydrogen-bond donors (Lipinski definition) is 3. The number of rotatable bonds is 8. The summed E-state index contributed by atoms with van der Waals surface area (Å²) in [6.45, 7) is 6.33. The molecule has 0 unspecified atom stereocenters. The fraction of sp³-hybridized carbons (Fsp3) is 0.435. The van der Waals surface area contributed by atoms with E-state index in [-0.39, 0.29) is 36.4 Å². The second-order valence-corrected chi connectivity index (χ2v) is 19.9. The molecule has 4 amide bonds. The van der Waals surface area contributed by atoms with E-state index in [0.717, 1.165) is 29.4 Å². The summed E-state index contributed by atoms with van der Waals surface area (Å²) in [4.78, 5) is 67.9. The van der Waals surface area contributed by atoms with Gasteiger partial charge in [-0.1, -0.05) is 82.2 Å². The van der Waals surface area contributed by atoms with Gasteiger partial charge in [-0.05, 0) is 73.8 Å². The van der Waals surface area contributed by atoms with Crippen LogP contribution in [0.5, 0.6) is 5.88 Å². The van der Waals surface area contributed by atoms with E-state index in [1.54, 1.807) is 6.07 Å². The predicted octanol–water partition coefficient (Wildman–Crippen LogP) is 6.08. The maximum Gasteiger partial charge on any atom is 0.287 e. The fourth-order valence-electron chi connectivity index (χ4n) is 8.54. The highest BCUT2D eigenvalue weighted by atomic mass is 32.2. The summed E-state index contributed by atoms with van der Waals surface area (Å²) in [5.41, 5.74) is 1.68. The molecule has 15 nitrogen and oxygen atoms in total. The number of carbonyl (C=O) groups is 4. The quantitative estimate of drug-likeness (QED) is 0.153. The highest BCUT2D eigenvalue weighted by Crippen LogP contribution is 2.46. The van der Waals surface area contributed by atoms with E-state index in [1.807, 2.05) is 60.7 Å². The summed E-state index contributed by atoms with van der Waals surface area (Å²) in [7, 11) is -3.93. The molecule has 0 spiro atoms. The number of amides is 4. The van der Waals surface area contributed by atoms with Gasteiger partial charge in [0, 0.05) is 23.3 Å². The average molecular weight is 863 g/mol. The van der Waals surface area contributed by atoms with Gasteiger partial charge in [0.2, 0.25) is 27.4 Å². The molecular formula is C46H50N6O9S. The predicted molar refractivity (Wildman–Crippen MR) is 229 cm³/mol. The molecule has 0 bridgehead atoms. The topological polar surface area (TPSA) is 203 Å². The van der Waals surface area contributed by atoms with Gasteiger partial charge in [0.15, 0.2) is 11.6 Å². The van der Waals surface area contributed by atoms with Crippen LogP contribution < -0.4 is 20.1 Å². The molecular weight excluding hydrogens is 813 g/mol. The number of fused-ring (bicyclic) bond motifs is 5. The van der Waals surface area contributed by atoms with E-state index in [9.17, 15) is 27.6 Å². The number of furan rings is 2. The van der Waals surface area contributed by atoms with Crippen LogP contribution in [0.1, 0.15) is 94.7 Å². The van der Waals surface area contributed by atoms with E-state index < -0.39 is 68.5 Å². The summed E-state index contributed by atoms with van der Waals surface area (Å²) in [5, 5.41) is 5.85. The Morgan fingerprint density at radius 3 is 2.50 bits per heavy atom. The van der Waals surface area contributed by atoms with Crippen LogP contribution in [0.3, 0.4) is 0 Å². The van der Waals surface area contributed by atoms with Crippen molar-refractivity contribution in [3.8, 4) is 17.3 Å². The van der Waals surface area contributed by atoms with E-state index in [0.29, 0.717) is 54.6 Å². The van der Waals surface area contributed by atoms with Crippen molar-refractivity contribution in [2.24, 2.45) is 5.92 Å². The number of nitrogens with one attached hydrogen (secondary N) is 3. The lowest BCUT2D eigenvalue weighted by Crippen LogP contribution is -2.58. The van der Waals surface area contributed by atoms with Crippen LogP contribution in [0.25, 0.3) is 33.5 Å². The van der Waals surface area contributed by atoms with Crippen LogP contribution in [0.4, 0.5) is 0 Å². The Kier molecular flexibility index (Phi) is 10.7. The van der Waals surface area contributed by atoms with Crippen molar-refractivity contribution < 1.29 is 41.2 Å². The molecule has 1 saturated heterocycles. The molecule has 2 aromatic carbocycles. The van der Waals surface area contributed by atoms with Crippen molar-refractivity contribution in [2.75, 3.05) is 6.54 Å². The second-order valence-electron chi connectivity index (χ2n) is 18.0. The molecule has 2 aliphatic carbocycles. The van der Waals surface area contributed by atoms with Gasteiger partial charge in [-0.25, -0.2) is 13.4 Å². The molecule has 5 aromatic rings. The number of carbonyl (C=O) groups excluding carboxylic acids is 4. The molecule has 2 aliphatic heterocycles. The average Bonchev–Trinajstić information content (AvgIpc) is 4.03. The molecule has 3 fully saturated rings. The van der Waals surface area contributed by atoms with Crippen molar-refractivity contribution in [1.29, 1.82) is 0 Å². The number of benzene rings is 2. The summed E-state index contributed by atoms with van der Waals surface area (Å²) in [6, 6.07) is 16.4. The minimum atomic E-state index is -3.93. The van der Waals surface area contributed by atoms with Gasteiger partial charge in [0.1, 0.15) is 34.8 Å². The fourth-order valence-corrected chi connectivity index (χ4v) is 9.90. The number of aromatic nitrogens is 2. The smallest absolute Gasteiger partial charge is 0.287 e. The Hall–Kier alpha value is -6.03. The molecule has 0 radical (unpaired) electrons. The molecule has 2 saturated carbocycles. The lowest BCUT2D eigenvalue weighted by molar-refractivity contribution is -0.141. The Bertz CT molecular complexity index is 2680. The number of sulfonamides is 1. The van der Waals surface area contributed by atoms with Crippen LogP contribution in [-0.4, -0.2) is 82.4 Å². The first-order valence-corrected chi connectivity index (χ1v) is 22.9. The van der Waals surface area contributed by atoms with E-state index >= 15 is 0 Å². The normalized spacial score (nSPS) is 24.7.